The second-order valence-electron chi connectivity index (χ2n) is 8.80. The van der Waals surface area contributed by atoms with Crippen LogP contribution in [0.15, 0.2) is 48.8 Å². The van der Waals surface area contributed by atoms with Gasteiger partial charge in [0.15, 0.2) is 5.78 Å². The molecular formula is C26H25F3N2O4. The summed E-state index contributed by atoms with van der Waals surface area (Å²) in [6.45, 7) is 3.36. The Balaban J connectivity index is 1.63. The Labute approximate surface area is 200 Å². The molecule has 9 heteroatoms. The lowest BCUT2D eigenvalue weighted by atomic mass is 9.82. The van der Waals surface area contributed by atoms with Gasteiger partial charge in [-0.2, -0.15) is 0 Å². The van der Waals surface area contributed by atoms with E-state index in [1.54, 1.807) is 6.07 Å². The van der Waals surface area contributed by atoms with E-state index >= 15 is 0 Å². The molecule has 0 aliphatic carbocycles. The zero-order valence-corrected chi connectivity index (χ0v) is 19.2. The highest BCUT2D eigenvalue weighted by Gasteiger charge is 2.46. The summed E-state index contributed by atoms with van der Waals surface area (Å²) in [5.74, 6) is -3.47. The molecule has 1 aromatic carbocycles. The number of aliphatic hydroxyl groups excluding tert-OH is 1. The molecule has 0 saturated carbocycles. The molecular weight excluding hydrogens is 461 g/mol. The minimum atomic E-state index is -1.41. The minimum absolute atomic E-state index is 0.111. The molecule has 0 radical (unpaired) electrons. The highest BCUT2D eigenvalue weighted by atomic mass is 19.1. The number of nitrogens with zero attached hydrogens (tertiary/aromatic N) is 2. The van der Waals surface area contributed by atoms with Crippen molar-refractivity contribution < 1.29 is 32.9 Å². The highest BCUT2D eigenvalue weighted by molar-refractivity contribution is 5.96. The van der Waals surface area contributed by atoms with Gasteiger partial charge in [-0.1, -0.05) is 13.0 Å². The maximum atomic E-state index is 14.4. The first-order valence-electron chi connectivity index (χ1n) is 11.3. The molecule has 2 aromatic heterocycles. The van der Waals surface area contributed by atoms with E-state index in [0.717, 1.165) is 30.3 Å². The van der Waals surface area contributed by atoms with Crippen molar-refractivity contribution in [1.82, 2.24) is 9.97 Å². The number of aromatic nitrogens is 2. The fraction of sp³-hybridized carbons (Fsp3) is 0.346. The smallest absolute Gasteiger partial charge is 0.185 e. The van der Waals surface area contributed by atoms with Gasteiger partial charge in [-0.15, -0.1) is 0 Å². The van der Waals surface area contributed by atoms with Gasteiger partial charge in [0.25, 0.3) is 0 Å². The molecule has 3 heterocycles. The lowest BCUT2D eigenvalue weighted by Crippen LogP contribution is -2.55. The summed E-state index contributed by atoms with van der Waals surface area (Å²) in [5.41, 5.74) is -1.71. The maximum Gasteiger partial charge on any atom is 0.185 e. The van der Waals surface area contributed by atoms with E-state index in [1.165, 1.54) is 19.3 Å². The van der Waals surface area contributed by atoms with Crippen molar-refractivity contribution in [1.29, 1.82) is 0 Å². The topological polar surface area (TPSA) is 92.5 Å². The number of aliphatic hydroxyl groups is 2. The molecule has 0 amide bonds. The molecule has 35 heavy (non-hydrogen) atoms. The minimum Gasteiger partial charge on any atom is -0.390 e. The molecule has 2 N–H and O–H groups in total. The number of hydrogen-bond donors (Lipinski definition) is 2. The van der Waals surface area contributed by atoms with Crippen molar-refractivity contribution in [3.63, 3.8) is 0 Å². The van der Waals surface area contributed by atoms with E-state index < -0.39 is 58.4 Å². The lowest BCUT2D eigenvalue weighted by Gasteiger charge is -2.44. The fourth-order valence-electron chi connectivity index (χ4n) is 4.42. The summed E-state index contributed by atoms with van der Waals surface area (Å²) in [4.78, 5) is 21.1. The van der Waals surface area contributed by atoms with E-state index in [4.69, 9.17) is 4.74 Å². The number of benzene rings is 1. The maximum absolute atomic E-state index is 14.4. The van der Waals surface area contributed by atoms with Crippen molar-refractivity contribution in [2.45, 2.75) is 57.0 Å². The summed E-state index contributed by atoms with van der Waals surface area (Å²) in [7, 11) is 0. The van der Waals surface area contributed by atoms with Gasteiger partial charge in [0.1, 0.15) is 34.4 Å². The molecule has 1 saturated heterocycles. The van der Waals surface area contributed by atoms with E-state index in [1.807, 2.05) is 6.92 Å². The molecule has 0 unspecified atom stereocenters. The van der Waals surface area contributed by atoms with Crippen LogP contribution in [0.5, 0.6) is 0 Å². The third-order valence-corrected chi connectivity index (χ3v) is 6.43. The third kappa shape index (κ3) is 4.84. The molecule has 0 bridgehead atoms. The summed E-state index contributed by atoms with van der Waals surface area (Å²) in [6, 6.07) is 6.88. The lowest BCUT2D eigenvalue weighted by molar-refractivity contribution is -0.222. The largest absolute Gasteiger partial charge is 0.390 e. The van der Waals surface area contributed by atoms with Crippen LogP contribution in [0.1, 0.15) is 54.4 Å². The van der Waals surface area contributed by atoms with Crippen LogP contribution in [0.2, 0.25) is 0 Å². The fourth-order valence-corrected chi connectivity index (χ4v) is 4.42. The average molecular weight is 486 g/mol. The first kappa shape index (κ1) is 25.0. The zero-order chi connectivity index (χ0) is 25.3. The number of carbonyl (C=O) groups excluding carboxylic acids is 1. The standard InChI is InChI=1S/C26H25F3N2O4/c1-3-23-26(2,34)22(33)12-21(35-23)15-9-10-30-13-14(15)11-20(32)19-8-7-18(29)25(31-19)24-16(27)5-4-6-17(24)28/h4-10,13,21-23,33-34H,3,11-12H2,1-2H3/t21-,22-,23-,26+/m0/s1. The Morgan fingerprint density at radius 2 is 1.86 bits per heavy atom. The first-order valence-corrected chi connectivity index (χ1v) is 11.3. The Bertz CT molecular complexity index is 1230. The van der Waals surface area contributed by atoms with Gasteiger partial charge >= 0.3 is 0 Å². The van der Waals surface area contributed by atoms with Crippen LogP contribution in [-0.4, -0.2) is 43.8 Å². The van der Waals surface area contributed by atoms with Crippen LogP contribution in [0, 0.1) is 17.5 Å². The second kappa shape index (κ2) is 9.85. The molecule has 4 atom stereocenters. The van der Waals surface area contributed by atoms with Gasteiger partial charge in [0.05, 0.1) is 23.9 Å². The number of ketones is 1. The number of Topliss-reactive ketones (excluding diaryl/α,β-unsaturated/α-hetero) is 1. The van der Waals surface area contributed by atoms with E-state index in [2.05, 4.69) is 9.97 Å². The molecule has 1 fully saturated rings. The summed E-state index contributed by atoms with van der Waals surface area (Å²) < 4.78 is 48.9. The monoisotopic (exact) mass is 486 g/mol. The Morgan fingerprint density at radius 3 is 2.54 bits per heavy atom. The van der Waals surface area contributed by atoms with Crippen LogP contribution in [0.3, 0.4) is 0 Å². The van der Waals surface area contributed by atoms with Crippen molar-refractivity contribution in [2.75, 3.05) is 0 Å². The molecule has 1 aliphatic heterocycles. The van der Waals surface area contributed by atoms with Crippen molar-refractivity contribution in [3.05, 3.63) is 83.1 Å². The number of hydrogen-bond acceptors (Lipinski definition) is 6. The average Bonchev–Trinajstić information content (AvgIpc) is 2.82. The molecule has 1 aliphatic rings. The van der Waals surface area contributed by atoms with Crippen molar-refractivity contribution in [2.24, 2.45) is 0 Å². The van der Waals surface area contributed by atoms with Crippen LogP contribution >= 0.6 is 0 Å². The van der Waals surface area contributed by atoms with Crippen LogP contribution in [-0.2, 0) is 11.2 Å². The van der Waals surface area contributed by atoms with Crippen molar-refractivity contribution in [3.8, 4) is 11.3 Å². The molecule has 3 aromatic rings. The predicted octanol–water partition coefficient (Wildman–Crippen LogP) is 4.34. The van der Waals surface area contributed by atoms with Gasteiger partial charge in [-0.05, 0) is 54.8 Å². The van der Waals surface area contributed by atoms with Crippen LogP contribution in [0.25, 0.3) is 11.3 Å². The number of ether oxygens (including phenoxy) is 1. The van der Waals surface area contributed by atoms with Gasteiger partial charge < -0.3 is 14.9 Å². The van der Waals surface area contributed by atoms with Gasteiger partial charge in [-0.3, -0.25) is 9.78 Å². The Hall–Kier alpha value is -3.14. The predicted molar refractivity (Wildman–Crippen MR) is 121 cm³/mol. The van der Waals surface area contributed by atoms with Gasteiger partial charge in [0, 0.05) is 25.2 Å². The molecule has 4 rings (SSSR count). The number of pyridine rings is 2. The van der Waals surface area contributed by atoms with E-state index in [9.17, 15) is 28.2 Å². The second-order valence-corrected chi connectivity index (χ2v) is 8.80. The normalized spacial score (nSPS) is 24.4. The first-order chi connectivity index (χ1) is 16.6. The number of carbonyl (C=O) groups is 1. The Kier molecular flexibility index (Phi) is 7.02. The summed E-state index contributed by atoms with van der Waals surface area (Å²) in [6.07, 6.45) is 1.15. The third-order valence-electron chi connectivity index (χ3n) is 6.43. The summed E-state index contributed by atoms with van der Waals surface area (Å²) >= 11 is 0. The number of rotatable bonds is 6. The van der Waals surface area contributed by atoms with E-state index in [0.29, 0.717) is 17.5 Å². The van der Waals surface area contributed by atoms with Crippen LogP contribution < -0.4 is 0 Å². The molecule has 6 nitrogen and oxygen atoms in total. The molecule has 184 valence electrons. The van der Waals surface area contributed by atoms with Crippen LogP contribution in [0.4, 0.5) is 13.2 Å². The number of halogens is 3. The molecule has 0 spiro atoms. The SMILES string of the molecule is CC[C@@H]1O[C@H](c2ccncc2CC(=O)c2ccc(F)c(-c3c(F)cccc3F)n2)C[C@H](O)[C@@]1(C)O. The zero-order valence-electron chi connectivity index (χ0n) is 19.2. The quantitative estimate of drug-likeness (QED) is 0.504. The van der Waals surface area contributed by atoms with Gasteiger partial charge in [-0.25, -0.2) is 18.2 Å². The summed E-state index contributed by atoms with van der Waals surface area (Å²) in [5, 5.41) is 21.1. The van der Waals surface area contributed by atoms with E-state index in [-0.39, 0.29) is 18.5 Å². The Morgan fingerprint density at radius 1 is 1.14 bits per heavy atom. The highest BCUT2D eigenvalue weighted by Crippen LogP contribution is 2.39. The van der Waals surface area contributed by atoms with Crippen molar-refractivity contribution >= 4 is 5.78 Å². The van der Waals surface area contributed by atoms with Gasteiger partial charge in [0.2, 0.25) is 0 Å².